The molecule has 1 aromatic heterocycles. The number of aromatic nitrogens is 1. The molecule has 1 atom stereocenters. The number of nitrogens with two attached hydrogens (primary N) is 1. The fourth-order valence-corrected chi connectivity index (χ4v) is 1.55. The second kappa shape index (κ2) is 6.65. The highest BCUT2D eigenvalue weighted by molar-refractivity contribution is 5.87. The Morgan fingerprint density at radius 2 is 2.15 bits per heavy atom. The molecule has 0 bridgehead atoms. The van der Waals surface area contributed by atoms with Crippen LogP contribution in [0.2, 0.25) is 0 Å². The maximum absolute atomic E-state index is 13.3. The number of hydrogen-bond donors (Lipinski definition) is 1. The maximum Gasteiger partial charge on any atom is 0.414 e. The highest BCUT2D eigenvalue weighted by Gasteiger charge is 2.25. The van der Waals surface area contributed by atoms with Crippen LogP contribution >= 0.6 is 0 Å². The number of nitrogens with zero attached hydrogens (tertiary/aromatic N) is 2. The summed E-state index contributed by atoms with van der Waals surface area (Å²) in [6.45, 7) is 6.90. The van der Waals surface area contributed by atoms with Gasteiger partial charge in [-0.1, -0.05) is 0 Å². The molecule has 0 fully saturated rings. The normalized spacial score (nSPS) is 12.9. The topological polar surface area (TPSA) is 68.5 Å². The highest BCUT2D eigenvalue weighted by atomic mass is 19.1. The molecule has 0 aromatic carbocycles. The fraction of sp³-hybridized carbons (Fsp3) is 0.571. The summed E-state index contributed by atoms with van der Waals surface area (Å²) in [5, 5.41) is 0. The van der Waals surface area contributed by atoms with Gasteiger partial charge in [0, 0.05) is 6.54 Å². The number of halogens is 1. The van der Waals surface area contributed by atoms with Crippen LogP contribution in [0.4, 0.5) is 14.9 Å². The molecule has 6 heteroatoms. The summed E-state index contributed by atoms with van der Waals surface area (Å²) in [6, 6.07) is 3.39. The minimum absolute atomic E-state index is 0.0848. The van der Waals surface area contributed by atoms with Crippen molar-refractivity contribution >= 4 is 11.8 Å². The van der Waals surface area contributed by atoms with Crippen molar-refractivity contribution in [3.05, 3.63) is 24.0 Å². The lowest BCUT2D eigenvalue weighted by Crippen LogP contribution is -2.39. The van der Waals surface area contributed by atoms with E-state index in [9.17, 15) is 9.18 Å². The van der Waals surface area contributed by atoms with Gasteiger partial charge in [-0.3, -0.25) is 9.88 Å². The summed E-state index contributed by atoms with van der Waals surface area (Å²) in [6.07, 6.45) is -0.268. The predicted octanol–water partition coefficient (Wildman–Crippen LogP) is 2.64. The van der Waals surface area contributed by atoms with Crippen LogP contribution in [0, 0.1) is 0 Å². The van der Waals surface area contributed by atoms with Gasteiger partial charge in [0.25, 0.3) is 0 Å². The van der Waals surface area contributed by atoms with E-state index < -0.39 is 17.9 Å². The third-order valence-electron chi connectivity index (χ3n) is 2.38. The number of ether oxygens (including phenoxy) is 1. The quantitative estimate of drug-likeness (QED) is 0.922. The molecule has 1 rings (SSSR count). The van der Waals surface area contributed by atoms with Gasteiger partial charge in [0.1, 0.15) is 11.8 Å². The molecule has 5 nitrogen and oxygen atoms in total. The summed E-state index contributed by atoms with van der Waals surface area (Å²) in [4.78, 5) is 17.5. The molecule has 0 aliphatic carbocycles. The summed E-state index contributed by atoms with van der Waals surface area (Å²) < 4.78 is 18.6. The van der Waals surface area contributed by atoms with Crippen LogP contribution in [0.5, 0.6) is 0 Å². The Bertz CT molecular complexity index is 441. The number of hydrogen-bond acceptors (Lipinski definition) is 4. The Balaban J connectivity index is 2.95. The van der Waals surface area contributed by atoms with Crippen molar-refractivity contribution in [3.63, 3.8) is 0 Å². The van der Waals surface area contributed by atoms with Crippen molar-refractivity contribution in [1.29, 1.82) is 0 Å². The zero-order valence-electron chi connectivity index (χ0n) is 12.4. The molecule has 0 aliphatic rings. The molecule has 1 unspecified atom stereocenters. The van der Waals surface area contributed by atoms with E-state index in [4.69, 9.17) is 10.5 Å². The first kappa shape index (κ1) is 16.4. The van der Waals surface area contributed by atoms with Gasteiger partial charge in [-0.2, -0.15) is 0 Å². The zero-order chi connectivity index (χ0) is 15.3. The van der Waals surface area contributed by atoms with Gasteiger partial charge in [-0.25, -0.2) is 9.18 Å². The van der Waals surface area contributed by atoms with Crippen molar-refractivity contribution in [1.82, 2.24) is 4.98 Å². The zero-order valence-corrected chi connectivity index (χ0v) is 12.4. The molecule has 1 aromatic rings. The molecule has 1 amide bonds. The van der Waals surface area contributed by atoms with Crippen LogP contribution in [0.15, 0.2) is 18.3 Å². The third-order valence-corrected chi connectivity index (χ3v) is 2.38. The van der Waals surface area contributed by atoms with E-state index in [1.54, 1.807) is 32.9 Å². The van der Waals surface area contributed by atoms with Gasteiger partial charge < -0.3 is 10.5 Å². The summed E-state index contributed by atoms with van der Waals surface area (Å²) in [5.41, 5.74) is 6.02. The number of anilines is 1. The average molecular weight is 283 g/mol. The maximum atomic E-state index is 13.3. The largest absolute Gasteiger partial charge is 0.443 e. The molecule has 2 N–H and O–H groups in total. The second-order valence-corrected chi connectivity index (χ2v) is 5.58. The lowest BCUT2D eigenvalue weighted by atomic mass is 10.2. The molecule has 1 heterocycles. The van der Waals surface area contributed by atoms with Gasteiger partial charge in [0.15, 0.2) is 0 Å². The minimum atomic E-state index is -1.17. The van der Waals surface area contributed by atoms with Crippen LogP contribution in [0.3, 0.4) is 0 Å². The van der Waals surface area contributed by atoms with Crippen molar-refractivity contribution in [3.8, 4) is 0 Å². The summed E-state index contributed by atoms with van der Waals surface area (Å²) in [7, 11) is 0. The molecule has 112 valence electrons. The number of alkyl halides is 1. The molecular weight excluding hydrogens is 261 g/mol. The van der Waals surface area contributed by atoms with Gasteiger partial charge in [-0.05, 0) is 39.8 Å². The van der Waals surface area contributed by atoms with Gasteiger partial charge in [0.05, 0.1) is 24.1 Å². The highest BCUT2D eigenvalue weighted by Crippen LogP contribution is 2.18. The van der Waals surface area contributed by atoms with Gasteiger partial charge >= 0.3 is 6.09 Å². The first-order valence-corrected chi connectivity index (χ1v) is 6.52. The Kier molecular flexibility index (Phi) is 5.44. The summed E-state index contributed by atoms with van der Waals surface area (Å²) >= 11 is 0. The van der Waals surface area contributed by atoms with E-state index >= 15 is 0 Å². The Labute approximate surface area is 118 Å². The molecule has 0 saturated carbocycles. The van der Waals surface area contributed by atoms with Gasteiger partial charge in [-0.15, -0.1) is 0 Å². The number of carbonyl (C=O) groups excluding carboxylic acids is 1. The second-order valence-electron chi connectivity index (χ2n) is 5.58. The molecule has 0 aliphatic heterocycles. The molecule has 0 radical (unpaired) electrons. The molecular formula is C14H22FN3O2. The number of pyridine rings is 1. The number of carbonyl (C=O) groups is 1. The third kappa shape index (κ3) is 5.13. The first-order chi connectivity index (χ1) is 9.23. The van der Waals surface area contributed by atoms with Crippen molar-refractivity contribution in [2.75, 3.05) is 11.4 Å². The molecule has 0 saturated heterocycles. The van der Waals surface area contributed by atoms with Crippen LogP contribution in [-0.2, 0) is 11.3 Å². The Hall–Kier alpha value is -1.69. The smallest absolute Gasteiger partial charge is 0.414 e. The Morgan fingerprint density at radius 1 is 1.50 bits per heavy atom. The monoisotopic (exact) mass is 283 g/mol. The SMILES string of the molecule is CC(F)CN(C(=O)OC(C)(C)C)c1ccc(CN)nc1. The van der Waals surface area contributed by atoms with E-state index in [-0.39, 0.29) is 6.54 Å². The van der Waals surface area contributed by atoms with Crippen LogP contribution in [-0.4, -0.2) is 29.4 Å². The fourth-order valence-electron chi connectivity index (χ4n) is 1.55. The summed E-state index contributed by atoms with van der Waals surface area (Å²) in [5.74, 6) is 0. The number of rotatable bonds is 4. The predicted molar refractivity (Wildman–Crippen MR) is 76.3 cm³/mol. The van der Waals surface area contributed by atoms with E-state index in [1.165, 1.54) is 18.0 Å². The lowest BCUT2D eigenvalue weighted by molar-refractivity contribution is 0.0572. The minimum Gasteiger partial charge on any atom is -0.443 e. The van der Waals surface area contributed by atoms with E-state index in [0.717, 1.165) is 0 Å². The Morgan fingerprint density at radius 3 is 2.55 bits per heavy atom. The average Bonchev–Trinajstić information content (AvgIpc) is 2.34. The van der Waals surface area contributed by atoms with E-state index in [1.807, 2.05) is 0 Å². The van der Waals surface area contributed by atoms with Gasteiger partial charge in [0.2, 0.25) is 0 Å². The van der Waals surface area contributed by atoms with E-state index in [2.05, 4.69) is 4.98 Å². The van der Waals surface area contributed by atoms with Crippen LogP contribution in [0.25, 0.3) is 0 Å². The van der Waals surface area contributed by atoms with Crippen LogP contribution < -0.4 is 10.6 Å². The molecule has 0 spiro atoms. The van der Waals surface area contributed by atoms with Crippen molar-refractivity contribution in [2.24, 2.45) is 5.73 Å². The van der Waals surface area contributed by atoms with E-state index in [0.29, 0.717) is 17.9 Å². The lowest BCUT2D eigenvalue weighted by Gasteiger charge is -2.27. The van der Waals surface area contributed by atoms with Crippen LogP contribution in [0.1, 0.15) is 33.4 Å². The first-order valence-electron chi connectivity index (χ1n) is 6.52. The standard InChI is InChI=1S/C14H22FN3O2/c1-10(15)9-18(13(19)20-14(2,3)4)12-6-5-11(7-16)17-8-12/h5-6,8,10H,7,9,16H2,1-4H3. The van der Waals surface area contributed by atoms with Crippen molar-refractivity contribution in [2.45, 2.75) is 46.0 Å². The molecule has 20 heavy (non-hydrogen) atoms. The van der Waals surface area contributed by atoms with Crippen molar-refractivity contribution < 1.29 is 13.9 Å². The number of amides is 1.